The van der Waals surface area contributed by atoms with Crippen molar-refractivity contribution < 1.29 is 17.4 Å². The van der Waals surface area contributed by atoms with Crippen molar-refractivity contribution >= 4 is 27.5 Å². The highest BCUT2D eigenvalue weighted by molar-refractivity contribution is 7.87. The molecule has 7 heteroatoms. The van der Waals surface area contributed by atoms with Crippen LogP contribution in [-0.2, 0) is 10.1 Å². The maximum Gasteiger partial charge on any atom is 0.341 e. The first kappa shape index (κ1) is 18.5. The fraction of sp³-hybridized carbons (Fsp3) is 0.0500. The van der Waals surface area contributed by atoms with Gasteiger partial charge < -0.3 is 14.8 Å². The highest BCUT2D eigenvalue weighted by Crippen LogP contribution is 2.25. The van der Waals surface area contributed by atoms with Gasteiger partial charge >= 0.3 is 16.1 Å². The molecule has 0 saturated carbocycles. The summed E-state index contributed by atoms with van der Waals surface area (Å²) in [5, 5.41) is 5.19. The SMILES string of the molecule is Cc1ccc(OS(=O)(=O)c2ccccc2NC(=O)Nc2ccccc2)cc1. The predicted octanol–water partition coefficient (Wildman–Crippen LogP) is 4.41. The van der Waals surface area contributed by atoms with Crippen LogP contribution in [0.5, 0.6) is 5.75 Å². The van der Waals surface area contributed by atoms with Crippen LogP contribution in [0.4, 0.5) is 16.2 Å². The average molecular weight is 382 g/mol. The normalized spacial score (nSPS) is 10.9. The fourth-order valence-corrected chi connectivity index (χ4v) is 3.45. The van der Waals surface area contributed by atoms with E-state index >= 15 is 0 Å². The largest absolute Gasteiger partial charge is 0.379 e. The molecule has 0 aliphatic rings. The number of benzene rings is 3. The summed E-state index contributed by atoms with van der Waals surface area (Å²) < 4.78 is 30.5. The van der Waals surface area contributed by atoms with Gasteiger partial charge in [0.1, 0.15) is 10.6 Å². The molecule has 0 aromatic heterocycles. The van der Waals surface area contributed by atoms with Crippen LogP contribution in [0, 0.1) is 6.92 Å². The Labute approximate surface area is 157 Å². The fourth-order valence-electron chi connectivity index (χ4n) is 2.36. The molecule has 0 atom stereocenters. The summed E-state index contributed by atoms with van der Waals surface area (Å²) in [4.78, 5) is 12.1. The molecule has 0 spiro atoms. The molecule has 27 heavy (non-hydrogen) atoms. The number of anilines is 2. The van der Waals surface area contributed by atoms with E-state index in [1.165, 1.54) is 12.1 Å². The Morgan fingerprint density at radius 1 is 0.815 bits per heavy atom. The summed E-state index contributed by atoms with van der Waals surface area (Å²) in [6.07, 6.45) is 0. The third-order valence-electron chi connectivity index (χ3n) is 3.66. The van der Waals surface area contributed by atoms with Crippen LogP contribution in [0.1, 0.15) is 5.56 Å². The van der Waals surface area contributed by atoms with Gasteiger partial charge in [-0.2, -0.15) is 8.42 Å². The van der Waals surface area contributed by atoms with E-state index in [1.807, 2.05) is 13.0 Å². The second kappa shape index (κ2) is 7.92. The Balaban J connectivity index is 1.80. The first-order chi connectivity index (χ1) is 12.9. The van der Waals surface area contributed by atoms with Gasteiger partial charge in [0.15, 0.2) is 0 Å². The summed E-state index contributed by atoms with van der Waals surface area (Å²) in [5.74, 6) is 0.198. The topological polar surface area (TPSA) is 84.5 Å². The predicted molar refractivity (Wildman–Crippen MR) is 105 cm³/mol. The van der Waals surface area contributed by atoms with E-state index in [9.17, 15) is 13.2 Å². The zero-order chi connectivity index (χ0) is 19.3. The number of hydrogen-bond acceptors (Lipinski definition) is 4. The van der Waals surface area contributed by atoms with Crippen molar-refractivity contribution in [2.24, 2.45) is 0 Å². The average Bonchev–Trinajstić information content (AvgIpc) is 2.64. The Morgan fingerprint density at radius 3 is 2.15 bits per heavy atom. The van der Waals surface area contributed by atoms with Gasteiger partial charge in [-0.1, -0.05) is 48.0 Å². The Bertz CT molecular complexity index is 1030. The number of aryl methyl sites for hydroxylation is 1. The molecular formula is C20H18N2O4S. The summed E-state index contributed by atoms with van der Waals surface area (Å²) in [6, 6.07) is 21.0. The number of rotatable bonds is 5. The lowest BCUT2D eigenvalue weighted by molar-refractivity contribution is 0.262. The van der Waals surface area contributed by atoms with E-state index in [0.29, 0.717) is 5.69 Å². The van der Waals surface area contributed by atoms with E-state index in [2.05, 4.69) is 10.6 Å². The monoisotopic (exact) mass is 382 g/mol. The lowest BCUT2D eigenvalue weighted by Gasteiger charge is -2.13. The second-order valence-electron chi connectivity index (χ2n) is 5.79. The standard InChI is InChI=1S/C20H18N2O4S/c1-15-11-13-17(14-12-15)26-27(24,25)19-10-6-5-9-18(19)22-20(23)21-16-7-3-2-4-8-16/h2-14H,1H3,(H2,21,22,23). The molecule has 2 amide bonds. The molecule has 0 unspecified atom stereocenters. The summed E-state index contributed by atoms with van der Waals surface area (Å²) >= 11 is 0. The molecule has 0 aliphatic carbocycles. The van der Waals surface area contributed by atoms with Crippen LogP contribution >= 0.6 is 0 Å². The number of urea groups is 1. The van der Waals surface area contributed by atoms with E-state index in [1.54, 1.807) is 60.7 Å². The van der Waals surface area contributed by atoms with Crippen LogP contribution in [0.3, 0.4) is 0 Å². The first-order valence-electron chi connectivity index (χ1n) is 8.17. The number of carbonyl (C=O) groups is 1. The lowest BCUT2D eigenvalue weighted by Crippen LogP contribution is -2.21. The molecule has 3 aromatic rings. The zero-order valence-corrected chi connectivity index (χ0v) is 15.4. The Kier molecular flexibility index (Phi) is 5.42. The summed E-state index contributed by atoms with van der Waals surface area (Å²) in [5.41, 5.74) is 1.70. The van der Waals surface area contributed by atoms with Crippen LogP contribution in [0.25, 0.3) is 0 Å². The number of carbonyl (C=O) groups excluding carboxylic acids is 1. The van der Waals surface area contributed by atoms with E-state index in [-0.39, 0.29) is 16.3 Å². The first-order valence-corrected chi connectivity index (χ1v) is 9.58. The van der Waals surface area contributed by atoms with Crippen molar-refractivity contribution in [3.05, 3.63) is 84.4 Å². The molecule has 2 N–H and O–H groups in total. The van der Waals surface area contributed by atoms with Crippen LogP contribution in [0.2, 0.25) is 0 Å². The van der Waals surface area contributed by atoms with Crippen molar-refractivity contribution in [3.63, 3.8) is 0 Å². The van der Waals surface area contributed by atoms with Crippen LogP contribution in [0.15, 0.2) is 83.8 Å². The van der Waals surface area contributed by atoms with Crippen molar-refractivity contribution in [1.29, 1.82) is 0 Å². The van der Waals surface area contributed by atoms with Gasteiger partial charge in [-0.15, -0.1) is 0 Å². The summed E-state index contributed by atoms with van der Waals surface area (Å²) in [6.45, 7) is 1.89. The number of para-hydroxylation sites is 2. The molecule has 3 aromatic carbocycles. The zero-order valence-electron chi connectivity index (χ0n) is 14.5. The molecule has 0 saturated heterocycles. The molecule has 0 aliphatic heterocycles. The van der Waals surface area contributed by atoms with E-state index < -0.39 is 16.1 Å². The number of hydrogen-bond donors (Lipinski definition) is 2. The van der Waals surface area contributed by atoms with Gasteiger partial charge in [0.25, 0.3) is 0 Å². The third-order valence-corrected chi connectivity index (χ3v) is 4.97. The Morgan fingerprint density at radius 2 is 1.44 bits per heavy atom. The van der Waals surface area contributed by atoms with Crippen molar-refractivity contribution in [1.82, 2.24) is 0 Å². The van der Waals surface area contributed by atoms with Gasteiger partial charge in [-0.25, -0.2) is 4.79 Å². The molecule has 6 nitrogen and oxygen atoms in total. The van der Waals surface area contributed by atoms with E-state index in [4.69, 9.17) is 4.18 Å². The van der Waals surface area contributed by atoms with Crippen LogP contribution in [-0.4, -0.2) is 14.4 Å². The number of nitrogens with one attached hydrogen (secondary N) is 2. The quantitative estimate of drug-likeness (QED) is 0.640. The van der Waals surface area contributed by atoms with Gasteiger partial charge in [-0.05, 0) is 43.3 Å². The molecule has 0 bridgehead atoms. The number of amides is 2. The smallest absolute Gasteiger partial charge is 0.341 e. The second-order valence-corrected chi connectivity index (χ2v) is 7.31. The molecule has 3 rings (SSSR count). The third kappa shape index (κ3) is 4.86. The van der Waals surface area contributed by atoms with E-state index in [0.717, 1.165) is 5.56 Å². The minimum Gasteiger partial charge on any atom is -0.379 e. The Hall–Kier alpha value is -3.32. The van der Waals surface area contributed by atoms with Crippen molar-refractivity contribution in [3.8, 4) is 5.75 Å². The summed E-state index contributed by atoms with van der Waals surface area (Å²) in [7, 11) is -4.12. The lowest BCUT2D eigenvalue weighted by atomic mass is 10.2. The van der Waals surface area contributed by atoms with Crippen molar-refractivity contribution in [2.75, 3.05) is 10.6 Å². The highest BCUT2D eigenvalue weighted by Gasteiger charge is 2.21. The molecule has 0 fully saturated rings. The van der Waals surface area contributed by atoms with Crippen LogP contribution < -0.4 is 14.8 Å². The van der Waals surface area contributed by atoms with Gasteiger partial charge in [0, 0.05) is 5.69 Å². The van der Waals surface area contributed by atoms with Gasteiger partial charge in [-0.3, -0.25) is 0 Å². The molecule has 138 valence electrons. The molecule has 0 heterocycles. The minimum absolute atomic E-state index is 0.123. The van der Waals surface area contributed by atoms with Gasteiger partial charge in [0.2, 0.25) is 0 Å². The highest BCUT2D eigenvalue weighted by atomic mass is 32.2. The molecular weight excluding hydrogens is 364 g/mol. The van der Waals surface area contributed by atoms with Crippen molar-refractivity contribution in [2.45, 2.75) is 11.8 Å². The minimum atomic E-state index is -4.12. The maximum absolute atomic E-state index is 12.7. The maximum atomic E-state index is 12.7. The molecule has 0 radical (unpaired) electrons. The van der Waals surface area contributed by atoms with Gasteiger partial charge in [0.05, 0.1) is 5.69 Å².